The Balaban J connectivity index is 2.89. The molecular weight excluding hydrogens is 224 g/mol. The van der Waals surface area contributed by atoms with E-state index in [2.05, 4.69) is 4.98 Å². The third kappa shape index (κ3) is 2.95. The van der Waals surface area contributed by atoms with E-state index in [1.54, 1.807) is 0 Å². The molecule has 1 N–H and O–H groups in total. The molecule has 1 aromatic heterocycles. The lowest BCUT2D eigenvalue weighted by Crippen LogP contribution is -2.19. The molecule has 3 nitrogen and oxygen atoms in total. The average molecular weight is 235 g/mol. The molecule has 6 heteroatoms. The second-order valence-corrected chi connectivity index (χ2v) is 4.39. The normalized spacial score (nSPS) is 12.1. The molecule has 0 saturated heterocycles. The lowest BCUT2D eigenvalue weighted by atomic mass is 10.2. The molecule has 1 aromatic rings. The standard InChI is InChI=1S/C9H11F2NO2S/c1-5(2)8-12-6(4-15-8)9(10,11)3-7(13)14/h4-5H,3H2,1-2H3,(H,13,14). The fraction of sp³-hybridized carbons (Fsp3) is 0.556. The fourth-order valence-corrected chi connectivity index (χ4v) is 1.88. The zero-order chi connectivity index (χ0) is 11.6. The number of nitrogens with zero attached hydrogens (tertiary/aromatic N) is 1. The summed E-state index contributed by atoms with van der Waals surface area (Å²) in [5.41, 5.74) is -0.446. The topological polar surface area (TPSA) is 50.2 Å². The Kier molecular flexibility index (Phi) is 3.38. The van der Waals surface area contributed by atoms with Crippen molar-refractivity contribution in [3.63, 3.8) is 0 Å². The molecular formula is C9H11F2NO2S. The first kappa shape index (κ1) is 12.0. The van der Waals surface area contributed by atoms with E-state index < -0.39 is 24.0 Å². The molecule has 0 spiro atoms. The van der Waals surface area contributed by atoms with Crippen molar-refractivity contribution in [3.05, 3.63) is 16.1 Å². The maximum absolute atomic E-state index is 13.2. The number of alkyl halides is 2. The molecule has 0 bridgehead atoms. The molecule has 0 unspecified atom stereocenters. The molecule has 0 aliphatic carbocycles. The largest absolute Gasteiger partial charge is 0.481 e. The van der Waals surface area contributed by atoms with Gasteiger partial charge in [0.15, 0.2) is 0 Å². The van der Waals surface area contributed by atoms with Crippen molar-refractivity contribution in [2.45, 2.75) is 32.1 Å². The highest BCUT2D eigenvalue weighted by Crippen LogP contribution is 2.33. The van der Waals surface area contributed by atoms with E-state index in [1.165, 1.54) is 5.38 Å². The van der Waals surface area contributed by atoms with E-state index in [4.69, 9.17) is 5.11 Å². The Morgan fingerprint density at radius 1 is 1.67 bits per heavy atom. The highest BCUT2D eigenvalue weighted by molar-refractivity contribution is 7.09. The summed E-state index contributed by atoms with van der Waals surface area (Å²) >= 11 is 1.13. The van der Waals surface area contributed by atoms with Crippen LogP contribution in [0, 0.1) is 0 Å². The summed E-state index contributed by atoms with van der Waals surface area (Å²) in [6.07, 6.45) is -1.21. The lowest BCUT2D eigenvalue weighted by molar-refractivity contribution is -0.145. The lowest BCUT2D eigenvalue weighted by Gasteiger charge is -2.10. The van der Waals surface area contributed by atoms with Gasteiger partial charge in [-0.05, 0) is 0 Å². The van der Waals surface area contributed by atoms with Crippen molar-refractivity contribution in [2.24, 2.45) is 0 Å². The van der Waals surface area contributed by atoms with Gasteiger partial charge in [-0.2, -0.15) is 8.78 Å². The number of aliphatic carboxylic acids is 1. The van der Waals surface area contributed by atoms with Gasteiger partial charge >= 0.3 is 11.9 Å². The fourth-order valence-electron chi connectivity index (χ4n) is 1.00. The Morgan fingerprint density at radius 2 is 2.27 bits per heavy atom. The molecule has 0 aliphatic rings. The van der Waals surface area contributed by atoms with Crippen LogP contribution in [0.5, 0.6) is 0 Å². The summed E-state index contributed by atoms with van der Waals surface area (Å²) in [6, 6.07) is 0. The van der Waals surface area contributed by atoms with Crippen molar-refractivity contribution >= 4 is 17.3 Å². The smallest absolute Gasteiger partial charge is 0.309 e. The number of halogens is 2. The van der Waals surface area contributed by atoms with Crippen molar-refractivity contribution in [1.82, 2.24) is 4.98 Å². The molecule has 15 heavy (non-hydrogen) atoms. The number of carbonyl (C=O) groups is 1. The van der Waals surface area contributed by atoms with Crippen molar-refractivity contribution in [2.75, 3.05) is 0 Å². The molecule has 0 amide bonds. The zero-order valence-electron chi connectivity index (χ0n) is 8.33. The van der Waals surface area contributed by atoms with Gasteiger partial charge in [0, 0.05) is 11.3 Å². The maximum Gasteiger partial charge on any atom is 0.309 e. The summed E-state index contributed by atoms with van der Waals surface area (Å²) in [4.78, 5) is 14.0. The average Bonchev–Trinajstić information content (AvgIpc) is 2.48. The molecule has 0 aromatic carbocycles. The number of carboxylic acids is 1. The number of rotatable bonds is 4. The minimum atomic E-state index is -3.38. The Labute approximate surface area is 89.8 Å². The molecule has 0 fully saturated rings. The Hall–Kier alpha value is -1.04. The minimum absolute atomic E-state index is 0.0735. The summed E-state index contributed by atoms with van der Waals surface area (Å²) in [6.45, 7) is 3.69. The summed E-state index contributed by atoms with van der Waals surface area (Å²) in [7, 11) is 0. The third-order valence-electron chi connectivity index (χ3n) is 1.76. The van der Waals surface area contributed by atoms with Crippen LogP contribution in [-0.4, -0.2) is 16.1 Å². The van der Waals surface area contributed by atoms with Gasteiger partial charge in [0.2, 0.25) is 0 Å². The van der Waals surface area contributed by atoms with E-state index in [9.17, 15) is 13.6 Å². The van der Waals surface area contributed by atoms with E-state index in [0.29, 0.717) is 5.01 Å². The van der Waals surface area contributed by atoms with Gasteiger partial charge in [-0.15, -0.1) is 11.3 Å². The molecule has 84 valence electrons. The van der Waals surface area contributed by atoms with Crippen LogP contribution in [0.15, 0.2) is 5.38 Å². The van der Waals surface area contributed by atoms with Crippen molar-refractivity contribution < 1.29 is 18.7 Å². The van der Waals surface area contributed by atoms with Crippen LogP contribution >= 0.6 is 11.3 Å². The quantitative estimate of drug-likeness (QED) is 0.873. The molecule has 0 saturated carbocycles. The molecule has 1 rings (SSSR count). The van der Waals surface area contributed by atoms with Crippen molar-refractivity contribution in [1.29, 1.82) is 0 Å². The van der Waals surface area contributed by atoms with E-state index in [1.807, 2.05) is 13.8 Å². The van der Waals surface area contributed by atoms with Crippen LogP contribution in [0.2, 0.25) is 0 Å². The van der Waals surface area contributed by atoms with Crippen LogP contribution in [0.1, 0.15) is 36.9 Å². The number of hydrogen-bond acceptors (Lipinski definition) is 3. The second kappa shape index (κ2) is 4.22. The molecule has 0 aliphatic heterocycles. The predicted octanol–water partition coefficient (Wildman–Crippen LogP) is 2.83. The van der Waals surface area contributed by atoms with Crippen LogP contribution in [0.3, 0.4) is 0 Å². The van der Waals surface area contributed by atoms with Crippen LogP contribution in [0.25, 0.3) is 0 Å². The van der Waals surface area contributed by atoms with Gasteiger partial charge in [0.1, 0.15) is 12.1 Å². The second-order valence-electron chi connectivity index (χ2n) is 3.50. The van der Waals surface area contributed by atoms with Gasteiger partial charge in [-0.1, -0.05) is 13.8 Å². The SMILES string of the molecule is CC(C)c1nc(C(F)(F)CC(=O)O)cs1. The predicted molar refractivity (Wildman–Crippen MR) is 52.3 cm³/mol. The van der Waals surface area contributed by atoms with Crippen LogP contribution < -0.4 is 0 Å². The van der Waals surface area contributed by atoms with Gasteiger partial charge in [0.25, 0.3) is 0 Å². The first-order valence-electron chi connectivity index (χ1n) is 4.38. The molecule has 0 atom stereocenters. The van der Waals surface area contributed by atoms with E-state index in [-0.39, 0.29) is 5.92 Å². The highest BCUT2D eigenvalue weighted by Gasteiger charge is 2.37. The Bertz CT molecular complexity index is 363. The van der Waals surface area contributed by atoms with E-state index >= 15 is 0 Å². The number of hydrogen-bond donors (Lipinski definition) is 1. The number of aromatic nitrogens is 1. The summed E-state index contributed by atoms with van der Waals surface area (Å²) in [5.74, 6) is -4.83. The minimum Gasteiger partial charge on any atom is -0.481 e. The van der Waals surface area contributed by atoms with Gasteiger partial charge in [-0.3, -0.25) is 4.79 Å². The maximum atomic E-state index is 13.2. The molecule has 0 radical (unpaired) electrons. The monoisotopic (exact) mass is 235 g/mol. The first-order valence-corrected chi connectivity index (χ1v) is 5.26. The van der Waals surface area contributed by atoms with Gasteiger partial charge < -0.3 is 5.11 Å². The third-order valence-corrected chi connectivity index (χ3v) is 2.91. The molecule has 1 heterocycles. The van der Waals surface area contributed by atoms with Crippen molar-refractivity contribution in [3.8, 4) is 0 Å². The van der Waals surface area contributed by atoms with Gasteiger partial charge in [-0.25, -0.2) is 4.98 Å². The van der Waals surface area contributed by atoms with Crippen LogP contribution in [-0.2, 0) is 10.7 Å². The van der Waals surface area contributed by atoms with E-state index in [0.717, 1.165) is 11.3 Å². The highest BCUT2D eigenvalue weighted by atomic mass is 32.1. The Morgan fingerprint density at radius 3 is 2.67 bits per heavy atom. The zero-order valence-corrected chi connectivity index (χ0v) is 9.15. The number of thiazole rings is 1. The summed E-state index contributed by atoms with van der Waals surface area (Å²) < 4.78 is 26.5. The summed E-state index contributed by atoms with van der Waals surface area (Å²) in [5, 5.41) is 10.1. The number of carboxylic acid groups (broad SMARTS) is 1. The van der Waals surface area contributed by atoms with Gasteiger partial charge in [0.05, 0.1) is 5.01 Å². The first-order chi connectivity index (χ1) is 6.83. The van der Waals surface area contributed by atoms with Crippen LogP contribution in [0.4, 0.5) is 8.78 Å².